The fraction of sp³-hybridized carbons (Fsp3) is 0.190. The lowest BCUT2D eigenvalue weighted by atomic mass is 10.0. The first-order chi connectivity index (χ1) is 12.2. The molecule has 3 aromatic rings. The van der Waals surface area contributed by atoms with Gasteiger partial charge in [-0.2, -0.15) is 0 Å². The second kappa shape index (κ2) is 6.77. The van der Waals surface area contributed by atoms with Gasteiger partial charge in [0.1, 0.15) is 5.76 Å². The van der Waals surface area contributed by atoms with Gasteiger partial charge in [0.2, 0.25) is 0 Å². The molecule has 4 heteroatoms. The van der Waals surface area contributed by atoms with Crippen LogP contribution in [0.15, 0.2) is 71.3 Å². The number of benzene rings is 2. The lowest BCUT2D eigenvalue weighted by molar-refractivity contribution is 0.0965. The van der Waals surface area contributed by atoms with Crippen LogP contribution in [0.3, 0.4) is 0 Å². The third-order valence-corrected chi connectivity index (χ3v) is 4.89. The van der Waals surface area contributed by atoms with E-state index < -0.39 is 0 Å². The molecule has 4 rings (SSSR count). The van der Waals surface area contributed by atoms with Crippen molar-refractivity contribution in [3.8, 4) is 0 Å². The Balaban J connectivity index is 1.37. The lowest BCUT2D eigenvalue weighted by Crippen LogP contribution is -2.04. The van der Waals surface area contributed by atoms with Crippen molar-refractivity contribution in [1.82, 2.24) is 0 Å². The summed E-state index contributed by atoms with van der Waals surface area (Å²) >= 11 is 5.93. The molecule has 1 N–H and O–H groups in total. The van der Waals surface area contributed by atoms with Gasteiger partial charge in [0, 0.05) is 22.2 Å². The molecule has 0 bridgehead atoms. The summed E-state index contributed by atoms with van der Waals surface area (Å²) in [5, 5.41) is 4.01. The van der Waals surface area contributed by atoms with E-state index in [0.29, 0.717) is 12.5 Å². The van der Waals surface area contributed by atoms with Gasteiger partial charge in [-0.25, -0.2) is 0 Å². The van der Waals surface area contributed by atoms with Gasteiger partial charge >= 0.3 is 0 Å². The van der Waals surface area contributed by atoms with Crippen LogP contribution in [0.4, 0.5) is 5.69 Å². The molecular formula is C21H18ClNO2. The minimum Gasteiger partial charge on any atom is -0.467 e. The smallest absolute Gasteiger partial charge is 0.166 e. The quantitative estimate of drug-likeness (QED) is 0.593. The normalized spacial score (nSPS) is 18.8. The Morgan fingerprint density at radius 3 is 2.52 bits per heavy atom. The van der Waals surface area contributed by atoms with Gasteiger partial charge in [0.25, 0.3) is 0 Å². The van der Waals surface area contributed by atoms with E-state index in [1.54, 1.807) is 6.26 Å². The molecule has 2 unspecified atom stereocenters. The Bertz CT molecular complexity index is 854. The fourth-order valence-electron chi connectivity index (χ4n) is 3.13. The number of hydrogen-bond acceptors (Lipinski definition) is 3. The minimum absolute atomic E-state index is 0.0862. The van der Waals surface area contributed by atoms with Crippen LogP contribution in [0.1, 0.15) is 34.0 Å². The van der Waals surface area contributed by atoms with Crippen LogP contribution >= 0.6 is 11.6 Å². The number of carbonyl (C=O) groups excluding carboxylic acids is 1. The van der Waals surface area contributed by atoms with Crippen LogP contribution in [0, 0.1) is 5.92 Å². The maximum absolute atomic E-state index is 12.7. The van der Waals surface area contributed by atoms with Crippen molar-refractivity contribution < 1.29 is 9.21 Å². The van der Waals surface area contributed by atoms with Crippen LogP contribution < -0.4 is 5.32 Å². The molecule has 1 aromatic heterocycles. The van der Waals surface area contributed by atoms with Gasteiger partial charge in [0.15, 0.2) is 5.78 Å². The number of furan rings is 1. The van der Waals surface area contributed by atoms with Crippen molar-refractivity contribution in [2.24, 2.45) is 5.92 Å². The highest BCUT2D eigenvalue weighted by Crippen LogP contribution is 2.49. The molecule has 0 saturated heterocycles. The predicted molar refractivity (Wildman–Crippen MR) is 99.1 cm³/mol. The Morgan fingerprint density at radius 1 is 1.08 bits per heavy atom. The number of anilines is 1. The molecule has 126 valence electrons. The molecule has 1 heterocycles. The molecule has 3 nitrogen and oxygen atoms in total. The molecule has 2 atom stereocenters. The third kappa shape index (κ3) is 3.62. The van der Waals surface area contributed by atoms with Crippen LogP contribution in [0.2, 0.25) is 5.02 Å². The Morgan fingerprint density at radius 2 is 1.84 bits per heavy atom. The Kier molecular flexibility index (Phi) is 4.33. The van der Waals surface area contributed by atoms with Crippen molar-refractivity contribution in [3.63, 3.8) is 0 Å². The Labute approximate surface area is 151 Å². The molecule has 0 amide bonds. The highest BCUT2D eigenvalue weighted by molar-refractivity contribution is 6.30. The number of ketones is 1. The van der Waals surface area contributed by atoms with Crippen LogP contribution in [-0.2, 0) is 6.54 Å². The van der Waals surface area contributed by atoms with Crippen molar-refractivity contribution >= 4 is 23.1 Å². The molecule has 0 radical (unpaired) electrons. The van der Waals surface area contributed by atoms with Gasteiger partial charge in [-0.15, -0.1) is 0 Å². The SMILES string of the molecule is O=C(c1ccc(NCc2ccco2)cc1)C1CC1c1ccc(Cl)cc1. The summed E-state index contributed by atoms with van der Waals surface area (Å²) < 4.78 is 5.29. The molecular weight excluding hydrogens is 334 g/mol. The van der Waals surface area contributed by atoms with Crippen molar-refractivity contribution in [1.29, 1.82) is 0 Å². The first-order valence-electron chi connectivity index (χ1n) is 8.37. The van der Waals surface area contributed by atoms with Gasteiger partial charge in [-0.05, 0) is 66.4 Å². The third-order valence-electron chi connectivity index (χ3n) is 4.64. The summed E-state index contributed by atoms with van der Waals surface area (Å²) in [5.74, 6) is 1.51. The maximum Gasteiger partial charge on any atom is 0.166 e. The van der Waals surface area contributed by atoms with Gasteiger partial charge in [-0.3, -0.25) is 4.79 Å². The first-order valence-corrected chi connectivity index (χ1v) is 8.74. The topological polar surface area (TPSA) is 42.2 Å². The fourth-order valence-corrected chi connectivity index (χ4v) is 3.26. The monoisotopic (exact) mass is 351 g/mol. The number of hydrogen-bond donors (Lipinski definition) is 1. The number of nitrogens with one attached hydrogen (secondary N) is 1. The van der Waals surface area contributed by atoms with E-state index in [1.165, 1.54) is 5.56 Å². The van der Waals surface area contributed by atoms with E-state index in [-0.39, 0.29) is 11.7 Å². The van der Waals surface area contributed by atoms with Crippen molar-refractivity contribution in [2.45, 2.75) is 18.9 Å². The molecule has 1 aliphatic rings. The molecule has 0 spiro atoms. The molecule has 1 fully saturated rings. The summed E-state index contributed by atoms with van der Waals surface area (Å²) in [5.41, 5.74) is 2.93. The Hall–Kier alpha value is -2.52. The number of Topliss-reactive ketones (excluding diaryl/α,β-unsaturated/α-hetero) is 1. The summed E-state index contributed by atoms with van der Waals surface area (Å²) in [7, 11) is 0. The van der Waals surface area contributed by atoms with Crippen LogP contribution in [0.25, 0.3) is 0 Å². The molecule has 2 aromatic carbocycles. The average Bonchev–Trinajstić information content (AvgIpc) is 3.26. The summed E-state index contributed by atoms with van der Waals surface area (Å²) in [6.45, 7) is 0.627. The van der Waals surface area contributed by atoms with Gasteiger partial charge in [-0.1, -0.05) is 23.7 Å². The number of carbonyl (C=O) groups is 1. The summed E-state index contributed by atoms with van der Waals surface area (Å²) in [6.07, 6.45) is 2.57. The molecule has 1 aliphatic carbocycles. The molecule has 1 saturated carbocycles. The second-order valence-corrected chi connectivity index (χ2v) is 6.81. The standard InChI is InChI=1S/C21H18ClNO2/c22-16-7-3-14(4-8-16)19-12-20(19)21(24)15-5-9-17(10-6-15)23-13-18-2-1-11-25-18/h1-11,19-20,23H,12-13H2. The van der Waals surface area contributed by atoms with E-state index in [4.69, 9.17) is 16.0 Å². The van der Waals surface area contributed by atoms with Gasteiger partial charge in [0.05, 0.1) is 12.8 Å². The first kappa shape index (κ1) is 16.0. The molecule has 25 heavy (non-hydrogen) atoms. The van der Waals surface area contributed by atoms with E-state index in [9.17, 15) is 4.79 Å². The summed E-state index contributed by atoms with van der Waals surface area (Å²) in [6, 6.07) is 19.3. The van der Waals surface area contributed by atoms with E-state index in [0.717, 1.165) is 28.5 Å². The van der Waals surface area contributed by atoms with E-state index >= 15 is 0 Å². The average molecular weight is 352 g/mol. The zero-order valence-electron chi connectivity index (χ0n) is 13.6. The van der Waals surface area contributed by atoms with Crippen LogP contribution in [0.5, 0.6) is 0 Å². The maximum atomic E-state index is 12.7. The zero-order chi connectivity index (χ0) is 17.2. The largest absolute Gasteiger partial charge is 0.467 e. The predicted octanol–water partition coefficient (Wildman–Crippen LogP) is 5.53. The highest BCUT2D eigenvalue weighted by atomic mass is 35.5. The second-order valence-electron chi connectivity index (χ2n) is 6.37. The zero-order valence-corrected chi connectivity index (χ0v) is 14.4. The highest BCUT2D eigenvalue weighted by Gasteiger charge is 2.43. The number of halogens is 1. The minimum atomic E-state index is 0.0862. The lowest BCUT2D eigenvalue weighted by Gasteiger charge is -2.06. The molecule has 0 aliphatic heterocycles. The van der Waals surface area contributed by atoms with E-state index in [1.807, 2.05) is 60.7 Å². The van der Waals surface area contributed by atoms with Gasteiger partial charge < -0.3 is 9.73 Å². The van der Waals surface area contributed by atoms with Crippen molar-refractivity contribution in [2.75, 3.05) is 5.32 Å². The summed E-state index contributed by atoms with van der Waals surface area (Å²) in [4.78, 5) is 12.7. The van der Waals surface area contributed by atoms with Crippen LogP contribution in [-0.4, -0.2) is 5.78 Å². The van der Waals surface area contributed by atoms with Crippen molar-refractivity contribution in [3.05, 3.63) is 88.8 Å². The van der Waals surface area contributed by atoms with E-state index in [2.05, 4.69) is 5.32 Å². The number of rotatable bonds is 6.